The van der Waals surface area contributed by atoms with E-state index in [0.29, 0.717) is 0 Å². The van der Waals surface area contributed by atoms with Crippen LogP contribution in [0.5, 0.6) is 0 Å². The molecule has 0 aliphatic rings. The van der Waals surface area contributed by atoms with Crippen molar-refractivity contribution in [3.8, 4) is 0 Å². The second kappa shape index (κ2) is 8.22. The van der Waals surface area contributed by atoms with Crippen molar-refractivity contribution in [2.75, 3.05) is 0 Å². The van der Waals surface area contributed by atoms with Crippen molar-refractivity contribution in [1.82, 2.24) is 0 Å². The fourth-order valence-electron chi connectivity index (χ4n) is 0.752. The van der Waals surface area contributed by atoms with E-state index in [1.54, 1.807) is 0 Å². The number of hydrogen-bond donors (Lipinski definition) is 0. The third-order valence-electron chi connectivity index (χ3n) is 1.31. The van der Waals surface area contributed by atoms with Gasteiger partial charge in [0.1, 0.15) is 0 Å². The summed E-state index contributed by atoms with van der Waals surface area (Å²) >= 11 is 3.24. The van der Waals surface area contributed by atoms with Crippen LogP contribution in [0.4, 0.5) is 0 Å². The molecule has 0 atom stereocenters. The van der Waals surface area contributed by atoms with Gasteiger partial charge in [-0.2, -0.15) is 0 Å². The third-order valence-corrected chi connectivity index (χ3v) is 1.69. The lowest BCUT2D eigenvalue weighted by Gasteiger charge is -1.92. The van der Waals surface area contributed by atoms with Gasteiger partial charge in [-0.3, -0.25) is 0 Å². The van der Waals surface area contributed by atoms with Crippen LogP contribution in [0.3, 0.4) is 0 Å². The maximum absolute atomic E-state index is 3.24. The zero-order chi connectivity index (χ0) is 6.95. The van der Waals surface area contributed by atoms with E-state index in [4.69, 9.17) is 0 Å². The summed E-state index contributed by atoms with van der Waals surface area (Å²) in [7, 11) is 0. The van der Waals surface area contributed by atoms with E-state index in [1.807, 2.05) is 4.99 Å². The van der Waals surface area contributed by atoms with Gasteiger partial charge in [-0.25, -0.2) is 0 Å². The van der Waals surface area contributed by atoms with E-state index in [-0.39, 0.29) is 0 Å². The van der Waals surface area contributed by atoms with Crippen LogP contribution in [-0.2, 0) is 0 Å². The van der Waals surface area contributed by atoms with E-state index in [9.17, 15) is 0 Å². The van der Waals surface area contributed by atoms with Crippen molar-refractivity contribution in [1.29, 1.82) is 0 Å². The Morgan fingerprint density at radius 3 is 2.56 bits per heavy atom. The minimum absolute atomic E-state index is 1.23. The summed E-state index contributed by atoms with van der Waals surface area (Å²) in [6, 6.07) is 0. The first-order valence-corrected chi connectivity index (χ1v) is 4.58. The Kier molecular flexibility index (Phi) is 8.42. The summed E-state index contributed by atoms with van der Waals surface area (Å²) in [4.78, 5) is 1.94. The van der Waals surface area contributed by atoms with Gasteiger partial charge in [-0.05, 0) is 17.8 Å². The molecule has 1 heteroatoms. The first-order valence-electron chi connectivity index (χ1n) is 3.67. The summed E-state index contributed by atoms with van der Waals surface area (Å²) in [6.45, 7) is 2.24. The SMILES string of the molecule is CCCCCCC=CBr. The van der Waals surface area contributed by atoms with Crippen LogP contribution < -0.4 is 0 Å². The maximum atomic E-state index is 3.24. The molecular weight excluding hydrogens is 176 g/mol. The van der Waals surface area contributed by atoms with E-state index in [2.05, 4.69) is 28.9 Å². The Hall–Kier alpha value is 0.220. The number of halogens is 1. The van der Waals surface area contributed by atoms with Gasteiger partial charge in [-0.1, -0.05) is 48.2 Å². The topological polar surface area (TPSA) is 0 Å². The van der Waals surface area contributed by atoms with Gasteiger partial charge in [0.2, 0.25) is 0 Å². The van der Waals surface area contributed by atoms with Gasteiger partial charge >= 0.3 is 0 Å². The second-order valence-electron chi connectivity index (χ2n) is 2.21. The van der Waals surface area contributed by atoms with Crippen LogP contribution in [0.25, 0.3) is 0 Å². The molecule has 0 unspecified atom stereocenters. The fourth-order valence-corrected chi connectivity index (χ4v) is 1.02. The molecule has 0 saturated carbocycles. The van der Waals surface area contributed by atoms with Crippen molar-refractivity contribution in [3.05, 3.63) is 11.1 Å². The Balaban J connectivity index is 2.75. The number of hydrogen-bond acceptors (Lipinski definition) is 0. The molecule has 0 aliphatic carbocycles. The molecule has 0 N–H and O–H groups in total. The Morgan fingerprint density at radius 1 is 1.22 bits per heavy atom. The predicted octanol–water partition coefficient (Wildman–Crippen LogP) is 3.87. The van der Waals surface area contributed by atoms with Gasteiger partial charge in [0.05, 0.1) is 0 Å². The van der Waals surface area contributed by atoms with Crippen LogP contribution in [0, 0.1) is 0 Å². The molecule has 54 valence electrons. The molecule has 0 heterocycles. The summed E-state index contributed by atoms with van der Waals surface area (Å²) < 4.78 is 0. The van der Waals surface area contributed by atoms with Crippen molar-refractivity contribution < 1.29 is 0 Å². The molecule has 0 fully saturated rings. The third kappa shape index (κ3) is 8.22. The van der Waals surface area contributed by atoms with Crippen molar-refractivity contribution >= 4 is 15.9 Å². The number of allylic oxidation sites excluding steroid dienone is 1. The summed E-state index contributed by atoms with van der Waals surface area (Å²) in [6.07, 6.45) is 8.83. The van der Waals surface area contributed by atoms with Crippen LogP contribution in [0.15, 0.2) is 11.1 Å². The molecule has 0 amide bonds. The van der Waals surface area contributed by atoms with E-state index in [0.717, 1.165) is 0 Å². The highest BCUT2D eigenvalue weighted by atomic mass is 79.9. The quantitative estimate of drug-likeness (QED) is 0.578. The molecule has 0 saturated heterocycles. The standard InChI is InChI=1S/C8H15Br/c1-2-3-4-5-6-7-8-9/h7-8H,2-6H2,1H3. The predicted molar refractivity (Wildman–Crippen MR) is 46.8 cm³/mol. The molecule has 0 aliphatic heterocycles. The minimum Gasteiger partial charge on any atom is -0.0776 e. The van der Waals surface area contributed by atoms with Crippen molar-refractivity contribution in [2.45, 2.75) is 39.0 Å². The van der Waals surface area contributed by atoms with Crippen molar-refractivity contribution in [2.24, 2.45) is 0 Å². The maximum Gasteiger partial charge on any atom is -0.0229 e. The lowest BCUT2D eigenvalue weighted by molar-refractivity contribution is 0.675. The molecule has 0 radical (unpaired) electrons. The molecular formula is C8H15Br. The average Bonchev–Trinajstić information content (AvgIpc) is 1.89. The molecule has 0 nitrogen and oxygen atoms in total. The molecule has 0 rings (SSSR count). The van der Waals surface area contributed by atoms with Crippen LogP contribution in [0.2, 0.25) is 0 Å². The van der Waals surface area contributed by atoms with Gasteiger partial charge in [-0.15, -0.1) is 0 Å². The zero-order valence-electron chi connectivity index (χ0n) is 6.07. The van der Waals surface area contributed by atoms with Gasteiger partial charge in [0, 0.05) is 0 Å². The highest BCUT2D eigenvalue weighted by molar-refractivity contribution is 9.11. The Labute approximate surface area is 66.5 Å². The molecule has 0 spiro atoms. The highest BCUT2D eigenvalue weighted by Crippen LogP contribution is 2.03. The minimum atomic E-state index is 1.23. The van der Waals surface area contributed by atoms with E-state index < -0.39 is 0 Å². The molecule has 9 heavy (non-hydrogen) atoms. The number of unbranched alkanes of at least 4 members (excludes halogenated alkanes) is 4. The summed E-state index contributed by atoms with van der Waals surface area (Å²) in [5.74, 6) is 0. The van der Waals surface area contributed by atoms with E-state index in [1.165, 1.54) is 32.1 Å². The van der Waals surface area contributed by atoms with Gasteiger partial charge < -0.3 is 0 Å². The van der Waals surface area contributed by atoms with Gasteiger partial charge in [0.25, 0.3) is 0 Å². The van der Waals surface area contributed by atoms with Crippen LogP contribution in [-0.4, -0.2) is 0 Å². The Morgan fingerprint density at radius 2 is 2.00 bits per heavy atom. The molecule has 0 aromatic heterocycles. The van der Waals surface area contributed by atoms with E-state index >= 15 is 0 Å². The molecule has 0 bridgehead atoms. The fraction of sp³-hybridized carbons (Fsp3) is 0.750. The Bertz CT molecular complexity index is 67.0. The highest BCUT2D eigenvalue weighted by Gasteiger charge is 1.82. The first kappa shape index (κ1) is 9.22. The normalized spacial score (nSPS) is 10.9. The second-order valence-corrected chi connectivity index (χ2v) is 2.74. The summed E-state index contributed by atoms with van der Waals surface area (Å²) in [5, 5.41) is 0. The lowest BCUT2D eigenvalue weighted by atomic mass is 10.2. The molecule has 0 aromatic carbocycles. The zero-order valence-corrected chi connectivity index (χ0v) is 7.65. The van der Waals surface area contributed by atoms with Crippen LogP contribution in [0.1, 0.15) is 39.0 Å². The smallest absolute Gasteiger partial charge is 0.0229 e. The average molecular weight is 191 g/mol. The number of rotatable bonds is 5. The molecule has 0 aromatic rings. The first-order chi connectivity index (χ1) is 4.41. The largest absolute Gasteiger partial charge is 0.0776 e. The van der Waals surface area contributed by atoms with Crippen molar-refractivity contribution in [3.63, 3.8) is 0 Å². The summed E-state index contributed by atoms with van der Waals surface area (Å²) in [5.41, 5.74) is 0. The lowest BCUT2D eigenvalue weighted by Crippen LogP contribution is -1.72. The van der Waals surface area contributed by atoms with Gasteiger partial charge in [0.15, 0.2) is 0 Å². The van der Waals surface area contributed by atoms with Crippen LogP contribution >= 0.6 is 15.9 Å². The monoisotopic (exact) mass is 190 g/mol.